The lowest BCUT2D eigenvalue weighted by molar-refractivity contribution is -0.198. The fraction of sp³-hybridized carbons (Fsp3) is 0.650. The van der Waals surface area contributed by atoms with Gasteiger partial charge in [0.25, 0.3) is 23.6 Å². The number of alkyl carbamates (subject to hydrolysis) is 1. The highest BCUT2D eigenvalue weighted by molar-refractivity contribution is 6.02. The molecule has 13 nitrogen and oxygen atoms in total. The normalized spacial score (nSPS) is 16.5. The van der Waals surface area contributed by atoms with Crippen LogP contribution in [0, 0.1) is 0 Å². The summed E-state index contributed by atoms with van der Waals surface area (Å²) in [5.41, 5.74) is -0.792. The monoisotopic (exact) mass is 469 g/mol. The number of ether oxygens (including phenoxy) is 1. The van der Waals surface area contributed by atoms with E-state index in [1.165, 1.54) is 0 Å². The third-order valence-corrected chi connectivity index (χ3v) is 4.51. The highest BCUT2D eigenvalue weighted by atomic mass is 16.7. The van der Waals surface area contributed by atoms with Crippen molar-refractivity contribution in [2.45, 2.75) is 83.8 Å². The van der Waals surface area contributed by atoms with Crippen LogP contribution in [0.2, 0.25) is 0 Å². The SMILES string of the molecule is CC(C)(C)OC(=O)NC(CCC(=O)ON1C(=O)CCC1=O)CCC(=O)ON1C(=O)CCC1=O. The number of amides is 5. The first-order valence-electron chi connectivity index (χ1n) is 10.5. The van der Waals surface area contributed by atoms with Crippen LogP contribution in [0.1, 0.15) is 72.1 Å². The first-order valence-corrected chi connectivity index (χ1v) is 10.5. The standard InChI is InChI=1S/C20H27N3O10/c1-20(2,3)31-19(30)21-12(4-10-17(28)32-22-13(24)6-7-14(22)25)5-11-18(29)33-23-15(26)8-9-16(23)27/h12H,4-11H2,1-3H3,(H,21,30). The van der Waals surface area contributed by atoms with Gasteiger partial charge >= 0.3 is 18.0 Å². The van der Waals surface area contributed by atoms with E-state index in [9.17, 15) is 33.6 Å². The van der Waals surface area contributed by atoms with Gasteiger partial charge in [0.05, 0.1) is 0 Å². The number of carbonyl (C=O) groups is 7. The number of nitrogens with zero attached hydrogens (tertiary/aromatic N) is 2. The van der Waals surface area contributed by atoms with Gasteiger partial charge in [-0.3, -0.25) is 19.2 Å². The summed E-state index contributed by atoms with van der Waals surface area (Å²) >= 11 is 0. The molecule has 13 heteroatoms. The molecule has 0 radical (unpaired) electrons. The molecule has 2 saturated heterocycles. The Bertz CT molecular complexity index is 762. The van der Waals surface area contributed by atoms with Crippen molar-refractivity contribution in [2.75, 3.05) is 0 Å². The summed E-state index contributed by atoms with van der Waals surface area (Å²) < 4.78 is 5.18. The van der Waals surface area contributed by atoms with Crippen molar-refractivity contribution in [3.8, 4) is 0 Å². The molecule has 0 aromatic heterocycles. The molecule has 0 aromatic rings. The minimum absolute atomic E-state index is 0.0108. The van der Waals surface area contributed by atoms with Crippen molar-refractivity contribution in [1.82, 2.24) is 15.4 Å². The van der Waals surface area contributed by atoms with Crippen molar-refractivity contribution in [3.05, 3.63) is 0 Å². The van der Waals surface area contributed by atoms with E-state index in [1.54, 1.807) is 20.8 Å². The third kappa shape index (κ3) is 8.16. The number of hydroxylamine groups is 4. The van der Waals surface area contributed by atoms with Crippen LogP contribution in [0.15, 0.2) is 0 Å². The minimum atomic E-state index is -0.870. The summed E-state index contributed by atoms with van der Waals surface area (Å²) in [6.45, 7) is 4.97. The lowest BCUT2D eigenvalue weighted by atomic mass is 10.1. The first kappa shape index (κ1) is 25.7. The number of hydrogen-bond acceptors (Lipinski definition) is 10. The first-order chi connectivity index (χ1) is 15.4. The lowest BCUT2D eigenvalue weighted by Crippen LogP contribution is -2.40. The van der Waals surface area contributed by atoms with Crippen LogP contribution >= 0.6 is 0 Å². The van der Waals surface area contributed by atoms with Gasteiger partial charge in [-0.15, -0.1) is 10.1 Å². The maximum absolute atomic E-state index is 12.1. The second-order valence-corrected chi connectivity index (χ2v) is 8.51. The van der Waals surface area contributed by atoms with Gasteiger partial charge in [-0.05, 0) is 33.6 Å². The van der Waals surface area contributed by atoms with Crippen molar-refractivity contribution >= 4 is 41.7 Å². The third-order valence-electron chi connectivity index (χ3n) is 4.51. The van der Waals surface area contributed by atoms with E-state index >= 15 is 0 Å². The number of nitrogens with one attached hydrogen (secondary N) is 1. The Balaban J connectivity index is 1.90. The summed E-state index contributed by atoms with van der Waals surface area (Å²) in [6.07, 6.45) is -1.54. The molecule has 33 heavy (non-hydrogen) atoms. The van der Waals surface area contributed by atoms with Crippen LogP contribution in [0.3, 0.4) is 0 Å². The van der Waals surface area contributed by atoms with Crippen molar-refractivity contribution in [2.24, 2.45) is 0 Å². The molecule has 1 N–H and O–H groups in total. The molecule has 0 bridgehead atoms. The average Bonchev–Trinajstić information content (AvgIpc) is 3.18. The fourth-order valence-electron chi connectivity index (χ4n) is 2.96. The molecule has 182 valence electrons. The van der Waals surface area contributed by atoms with Crippen LogP contribution in [0.25, 0.3) is 0 Å². The molecule has 0 saturated carbocycles. The Hall–Kier alpha value is -3.51. The van der Waals surface area contributed by atoms with Gasteiger partial charge < -0.3 is 19.7 Å². The highest BCUT2D eigenvalue weighted by Gasteiger charge is 2.34. The van der Waals surface area contributed by atoms with Gasteiger partial charge in [-0.2, -0.15) is 0 Å². The molecule has 0 spiro atoms. The number of imide groups is 2. The maximum atomic E-state index is 12.1. The van der Waals surface area contributed by atoms with Gasteiger partial charge in [0, 0.05) is 44.6 Å². The zero-order valence-corrected chi connectivity index (χ0v) is 18.7. The largest absolute Gasteiger partial charge is 0.444 e. The predicted octanol–water partition coefficient (Wildman–Crippen LogP) is 0.654. The molecule has 0 unspecified atom stereocenters. The minimum Gasteiger partial charge on any atom is -0.444 e. The van der Waals surface area contributed by atoms with Gasteiger partial charge in [0.15, 0.2) is 0 Å². The maximum Gasteiger partial charge on any atom is 0.407 e. The molecule has 0 aromatic carbocycles. The van der Waals surface area contributed by atoms with Crippen molar-refractivity contribution < 1.29 is 48.0 Å². The van der Waals surface area contributed by atoms with E-state index in [4.69, 9.17) is 14.4 Å². The molecule has 0 aliphatic carbocycles. The van der Waals surface area contributed by atoms with Crippen LogP contribution in [-0.4, -0.2) is 63.4 Å². The van der Waals surface area contributed by atoms with Crippen LogP contribution in [0.5, 0.6) is 0 Å². The number of rotatable bonds is 9. The summed E-state index contributed by atoms with van der Waals surface area (Å²) in [7, 11) is 0. The quantitative estimate of drug-likeness (QED) is 0.474. The van der Waals surface area contributed by atoms with E-state index < -0.39 is 53.3 Å². The predicted molar refractivity (Wildman–Crippen MR) is 106 cm³/mol. The topological polar surface area (TPSA) is 166 Å². The molecular formula is C20H27N3O10. The summed E-state index contributed by atoms with van der Waals surface area (Å²) in [6, 6.07) is -0.755. The molecule has 2 rings (SSSR count). The molecule has 2 aliphatic rings. The molecule has 2 fully saturated rings. The zero-order chi connectivity index (χ0) is 24.8. The fourth-order valence-corrected chi connectivity index (χ4v) is 2.96. The summed E-state index contributed by atoms with van der Waals surface area (Å²) in [5.74, 6) is -4.22. The smallest absolute Gasteiger partial charge is 0.407 e. The van der Waals surface area contributed by atoms with E-state index in [2.05, 4.69) is 5.32 Å². The van der Waals surface area contributed by atoms with E-state index in [0.717, 1.165) is 0 Å². The Morgan fingerprint density at radius 2 is 1.15 bits per heavy atom. The van der Waals surface area contributed by atoms with Gasteiger partial charge in [0.1, 0.15) is 5.60 Å². The van der Waals surface area contributed by atoms with Crippen molar-refractivity contribution in [1.29, 1.82) is 0 Å². The van der Waals surface area contributed by atoms with Crippen LogP contribution in [0.4, 0.5) is 4.79 Å². The number of carbonyl (C=O) groups excluding carboxylic acids is 7. The van der Waals surface area contributed by atoms with Gasteiger partial charge in [0.2, 0.25) is 0 Å². The highest BCUT2D eigenvalue weighted by Crippen LogP contribution is 2.16. The van der Waals surface area contributed by atoms with E-state index in [0.29, 0.717) is 10.1 Å². The molecular weight excluding hydrogens is 442 g/mol. The lowest BCUT2D eigenvalue weighted by Gasteiger charge is -2.23. The van der Waals surface area contributed by atoms with Gasteiger partial charge in [-0.1, -0.05) is 0 Å². The van der Waals surface area contributed by atoms with Crippen molar-refractivity contribution in [3.63, 3.8) is 0 Å². The molecule has 5 amide bonds. The summed E-state index contributed by atoms with van der Waals surface area (Å²) in [5, 5.41) is 3.37. The molecule has 2 aliphatic heterocycles. The van der Waals surface area contributed by atoms with E-state index in [1.807, 2.05) is 0 Å². The molecule has 2 heterocycles. The van der Waals surface area contributed by atoms with Crippen LogP contribution < -0.4 is 5.32 Å². The van der Waals surface area contributed by atoms with Gasteiger partial charge in [-0.25, -0.2) is 14.4 Å². The Morgan fingerprint density at radius 1 is 0.788 bits per heavy atom. The zero-order valence-electron chi connectivity index (χ0n) is 18.7. The second-order valence-electron chi connectivity index (χ2n) is 8.51. The van der Waals surface area contributed by atoms with Crippen LogP contribution in [-0.2, 0) is 43.2 Å². The Morgan fingerprint density at radius 3 is 1.48 bits per heavy atom. The summed E-state index contributed by atoms with van der Waals surface area (Å²) in [4.78, 5) is 92.0. The number of hydrogen-bond donors (Lipinski definition) is 1. The van der Waals surface area contributed by atoms with E-state index in [-0.39, 0.29) is 51.4 Å². The second kappa shape index (κ2) is 10.9. The molecule has 0 atom stereocenters. The Labute approximate surface area is 189 Å². The average molecular weight is 469 g/mol. The Kier molecular flexibility index (Phi) is 8.49.